The van der Waals surface area contributed by atoms with Gasteiger partial charge in [0.2, 0.25) is 0 Å². The van der Waals surface area contributed by atoms with Gasteiger partial charge in [-0.3, -0.25) is 9.48 Å². The van der Waals surface area contributed by atoms with Gasteiger partial charge in [0.15, 0.2) is 0 Å². The molecule has 3 N–H and O–H groups in total. The maximum Gasteiger partial charge on any atom is 0.303 e. The molecule has 0 aliphatic rings. The highest BCUT2D eigenvalue weighted by Gasteiger charge is 2.07. The summed E-state index contributed by atoms with van der Waals surface area (Å²) in [6.07, 6.45) is 4.95. The number of nitrogens with two attached hydrogens (primary N) is 1. The van der Waals surface area contributed by atoms with E-state index in [9.17, 15) is 4.79 Å². The van der Waals surface area contributed by atoms with E-state index in [1.54, 1.807) is 10.9 Å². The van der Waals surface area contributed by atoms with Crippen molar-refractivity contribution in [2.75, 3.05) is 0 Å². The first-order valence-corrected chi connectivity index (χ1v) is 4.53. The van der Waals surface area contributed by atoms with Crippen LogP contribution in [0.4, 0.5) is 0 Å². The van der Waals surface area contributed by atoms with Crippen LogP contribution in [0.25, 0.3) is 0 Å². The van der Waals surface area contributed by atoms with Crippen LogP contribution < -0.4 is 5.73 Å². The summed E-state index contributed by atoms with van der Waals surface area (Å²) in [5.74, 6) is -0.799. The highest BCUT2D eigenvalue weighted by Crippen LogP contribution is 2.04. The zero-order chi connectivity index (χ0) is 10.6. The predicted molar refractivity (Wildman–Crippen MR) is 51.8 cm³/mol. The SMILES string of the molecule is Cn1cc(CC(N)CCC(=O)O)cn1. The number of carboxylic acid groups (broad SMARTS) is 1. The van der Waals surface area contributed by atoms with Crippen molar-refractivity contribution < 1.29 is 9.90 Å². The number of carboxylic acids is 1. The van der Waals surface area contributed by atoms with Crippen LogP contribution in [0.3, 0.4) is 0 Å². The van der Waals surface area contributed by atoms with Gasteiger partial charge in [-0.05, 0) is 18.4 Å². The van der Waals surface area contributed by atoms with Crippen LogP contribution in [0, 0.1) is 0 Å². The molecule has 1 heterocycles. The average Bonchev–Trinajstić information content (AvgIpc) is 2.48. The number of hydrogen-bond donors (Lipinski definition) is 2. The third-order valence-corrected chi connectivity index (χ3v) is 1.99. The van der Waals surface area contributed by atoms with Crippen LogP contribution in [0.5, 0.6) is 0 Å². The summed E-state index contributed by atoms with van der Waals surface area (Å²) in [5, 5.41) is 12.5. The fourth-order valence-corrected chi connectivity index (χ4v) is 1.29. The zero-order valence-corrected chi connectivity index (χ0v) is 8.18. The van der Waals surface area contributed by atoms with E-state index in [0.29, 0.717) is 12.8 Å². The Hall–Kier alpha value is -1.36. The van der Waals surface area contributed by atoms with Gasteiger partial charge in [0.1, 0.15) is 0 Å². The minimum atomic E-state index is -0.799. The molecule has 0 saturated carbocycles. The van der Waals surface area contributed by atoms with Gasteiger partial charge in [-0.25, -0.2) is 0 Å². The Kier molecular flexibility index (Phi) is 3.64. The van der Waals surface area contributed by atoms with Crippen molar-refractivity contribution >= 4 is 5.97 Å². The van der Waals surface area contributed by atoms with E-state index in [2.05, 4.69) is 5.10 Å². The highest BCUT2D eigenvalue weighted by atomic mass is 16.4. The van der Waals surface area contributed by atoms with Crippen LogP contribution in [0.1, 0.15) is 18.4 Å². The van der Waals surface area contributed by atoms with Crippen LogP contribution in [0.15, 0.2) is 12.4 Å². The molecule has 78 valence electrons. The normalized spacial score (nSPS) is 12.7. The molecule has 1 rings (SSSR count). The topological polar surface area (TPSA) is 81.1 Å². The molecule has 0 radical (unpaired) electrons. The summed E-state index contributed by atoms with van der Waals surface area (Å²) in [6, 6.07) is -0.102. The van der Waals surface area contributed by atoms with E-state index in [4.69, 9.17) is 10.8 Å². The van der Waals surface area contributed by atoms with Gasteiger partial charge in [0.25, 0.3) is 0 Å². The molecule has 0 aromatic carbocycles. The highest BCUT2D eigenvalue weighted by molar-refractivity contribution is 5.66. The lowest BCUT2D eigenvalue weighted by Gasteiger charge is -2.07. The summed E-state index contributed by atoms with van der Waals surface area (Å²) >= 11 is 0. The molecule has 1 atom stereocenters. The lowest BCUT2D eigenvalue weighted by atomic mass is 10.1. The quantitative estimate of drug-likeness (QED) is 0.704. The van der Waals surface area contributed by atoms with Crippen molar-refractivity contribution in [2.24, 2.45) is 12.8 Å². The monoisotopic (exact) mass is 197 g/mol. The van der Waals surface area contributed by atoms with E-state index in [1.807, 2.05) is 13.2 Å². The molecule has 1 aromatic rings. The lowest BCUT2D eigenvalue weighted by Crippen LogP contribution is -2.23. The molecule has 0 amide bonds. The molecule has 1 unspecified atom stereocenters. The summed E-state index contributed by atoms with van der Waals surface area (Å²) < 4.78 is 1.71. The molecule has 5 nitrogen and oxygen atoms in total. The Morgan fingerprint density at radius 3 is 3.00 bits per heavy atom. The average molecular weight is 197 g/mol. The number of carbonyl (C=O) groups is 1. The van der Waals surface area contributed by atoms with Crippen LogP contribution in [0.2, 0.25) is 0 Å². The molecular formula is C9H15N3O2. The maximum atomic E-state index is 10.3. The molecular weight excluding hydrogens is 182 g/mol. The summed E-state index contributed by atoms with van der Waals surface area (Å²) in [7, 11) is 1.84. The second-order valence-corrected chi connectivity index (χ2v) is 3.42. The number of aromatic nitrogens is 2. The van der Waals surface area contributed by atoms with Gasteiger partial charge in [-0.15, -0.1) is 0 Å². The number of nitrogens with zero attached hydrogens (tertiary/aromatic N) is 2. The van der Waals surface area contributed by atoms with Crippen molar-refractivity contribution in [3.8, 4) is 0 Å². The van der Waals surface area contributed by atoms with Gasteiger partial charge in [0.05, 0.1) is 6.20 Å². The fraction of sp³-hybridized carbons (Fsp3) is 0.556. The zero-order valence-electron chi connectivity index (χ0n) is 8.18. The standard InChI is InChI=1S/C9H15N3O2/c1-12-6-7(5-11-12)4-8(10)2-3-9(13)14/h5-6,8H,2-4,10H2,1H3,(H,13,14). The maximum absolute atomic E-state index is 10.3. The first kappa shape index (κ1) is 10.7. The molecule has 0 bridgehead atoms. The fourth-order valence-electron chi connectivity index (χ4n) is 1.29. The molecule has 5 heteroatoms. The molecule has 0 aliphatic carbocycles. The Bertz CT molecular complexity index is 309. The summed E-state index contributed by atoms with van der Waals surface area (Å²) in [6.45, 7) is 0. The van der Waals surface area contributed by atoms with Crippen molar-refractivity contribution in [1.29, 1.82) is 0 Å². The molecule has 0 spiro atoms. The Morgan fingerprint density at radius 1 is 1.79 bits per heavy atom. The first-order valence-electron chi connectivity index (χ1n) is 4.53. The smallest absolute Gasteiger partial charge is 0.303 e. The molecule has 14 heavy (non-hydrogen) atoms. The van der Waals surface area contributed by atoms with E-state index in [-0.39, 0.29) is 12.5 Å². The summed E-state index contributed by atoms with van der Waals surface area (Å²) in [5.41, 5.74) is 6.81. The Labute approximate surface area is 82.5 Å². The Morgan fingerprint density at radius 2 is 2.50 bits per heavy atom. The van der Waals surface area contributed by atoms with E-state index < -0.39 is 5.97 Å². The van der Waals surface area contributed by atoms with E-state index in [0.717, 1.165) is 5.56 Å². The van der Waals surface area contributed by atoms with Crippen LogP contribution in [-0.4, -0.2) is 26.9 Å². The van der Waals surface area contributed by atoms with Gasteiger partial charge in [-0.1, -0.05) is 0 Å². The second-order valence-electron chi connectivity index (χ2n) is 3.42. The van der Waals surface area contributed by atoms with E-state index in [1.165, 1.54) is 0 Å². The van der Waals surface area contributed by atoms with Crippen molar-refractivity contribution in [3.05, 3.63) is 18.0 Å². The number of aryl methyl sites for hydroxylation is 1. The third-order valence-electron chi connectivity index (χ3n) is 1.99. The third kappa shape index (κ3) is 3.57. The van der Waals surface area contributed by atoms with Crippen molar-refractivity contribution in [3.63, 3.8) is 0 Å². The van der Waals surface area contributed by atoms with Crippen molar-refractivity contribution in [2.45, 2.75) is 25.3 Å². The Balaban J connectivity index is 2.33. The lowest BCUT2D eigenvalue weighted by molar-refractivity contribution is -0.137. The molecule has 0 fully saturated rings. The van der Waals surface area contributed by atoms with Gasteiger partial charge in [0, 0.05) is 25.7 Å². The predicted octanol–water partition coefficient (Wildman–Crippen LogP) is 0.155. The van der Waals surface area contributed by atoms with Crippen LogP contribution in [-0.2, 0) is 18.3 Å². The molecule has 1 aromatic heterocycles. The van der Waals surface area contributed by atoms with Gasteiger partial charge in [-0.2, -0.15) is 5.10 Å². The van der Waals surface area contributed by atoms with Crippen LogP contribution >= 0.6 is 0 Å². The minimum absolute atomic E-state index is 0.102. The van der Waals surface area contributed by atoms with Gasteiger partial charge >= 0.3 is 5.97 Å². The van der Waals surface area contributed by atoms with Gasteiger partial charge < -0.3 is 10.8 Å². The van der Waals surface area contributed by atoms with Crippen molar-refractivity contribution in [1.82, 2.24) is 9.78 Å². The molecule has 0 aliphatic heterocycles. The first-order chi connectivity index (χ1) is 6.58. The van der Waals surface area contributed by atoms with E-state index >= 15 is 0 Å². The number of hydrogen-bond acceptors (Lipinski definition) is 3. The summed E-state index contributed by atoms with van der Waals surface area (Å²) in [4.78, 5) is 10.3. The number of rotatable bonds is 5. The largest absolute Gasteiger partial charge is 0.481 e. The minimum Gasteiger partial charge on any atom is -0.481 e. The second kappa shape index (κ2) is 4.76. The number of aliphatic carboxylic acids is 1. The molecule has 0 saturated heterocycles.